The van der Waals surface area contributed by atoms with Gasteiger partial charge in [-0.15, -0.1) is 0 Å². The van der Waals surface area contributed by atoms with E-state index < -0.39 is 10.8 Å². The van der Waals surface area contributed by atoms with Crippen LogP contribution in [0.5, 0.6) is 0 Å². The first-order chi connectivity index (χ1) is 10.4. The summed E-state index contributed by atoms with van der Waals surface area (Å²) in [5.74, 6) is -0.651. The summed E-state index contributed by atoms with van der Waals surface area (Å²) in [6.07, 6.45) is 5.55. The molecule has 0 unspecified atom stereocenters. The number of hydrogen-bond donors (Lipinski definition) is 1. The van der Waals surface area contributed by atoms with Gasteiger partial charge in [0.05, 0.1) is 4.92 Å². The summed E-state index contributed by atoms with van der Waals surface area (Å²) >= 11 is 1.89. The van der Waals surface area contributed by atoms with E-state index in [1.807, 2.05) is 18.8 Å². The van der Waals surface area contributed by atoms with E-state index >= 15 is 0 Å². The number of primary amides is 1. The van der Waals surface area contributed by atoms with Gasteiger partial charge in [-0.1, -0.05) is 6.07 Å². The quantitative estimate of drug-likeness (QED) is 0.641. The SMILES string of the molecule is CS[C@@H]1CC[C@@H](N(C)Cc2ccc(C(N)=O)cc2[N+](=O)[O-])C1. The van der Waals surface area contributed by atoms with Crippen molar-refractivity contribution in [1.29, 1.82) is 0 Å². The summed E-state index contributed by atoms with van der Waals surface area (Å²) in [5.41, 5.74) is 5.93. The van der Waals surface area contributed by atoms with Crippen molar-refractivity contribution in [2.75, 3.05) is 13.3 Å². The number of carbonyl (C=O) groups is 1. The Bertz CT molecular complexity index is 579. The predicted molar refractivity (Wildman–Crippen MR) is 88.0 cm³/mol. The third kappa shape index (κ3) is 3.78. The summed E-state index contributed by atoms with van der Waals surface area (Å²) in [7, 11) is 2.00. The van der Waals surface area contributed by atoms with Crippen molar-refractivity contribution >= 4 is 23.4 Å². The van der Waals surface area contributed by atoms with Crippen molar-refractivity contribution in [2.45, 2.75) is 37.1 Å². The molecule has 2 rings (SSSR count). The number of thioether (sulfide) groups is 1. The molecule has 2 N–H and O–H groups in total. The van der Waals surface area contributed by atoms with Crippen LogP contribution in [0, 0.1) is 10.1 Å². The lowest BCUT2D eigenvalue weighted by atomic mass is 10.1. The van der Waals surface area contributed by atoms with Gasteiger partial charge in [-0.2, -0.15) is 11.8 Å². The summed E-state index contributed by atoms with van der Waals surface area (Å²) < 4.78 is 0. The molecule has 1 aromatic carbocycles. The number of benzene rings is 1. The maximum absolute atomic E-state index is 11.2. The predicted octanol–water partition coefficient (Wildman–Crippen LogP) is 2.41. The highest BCUT2D eigenvalue weighted by Gasteiger charge is 2.28. The molecule has 0 bridgehead atoms. The van der Waals surface area contributed by atoms with E-state index in [2.05, 4.69) is 11.2 Å². The minimum Gasteiger partial charge on any atom is -0.366 e. The van der Waals surface area contributed by atoms with Crippen LogP contribution in [0.15, 0.2) is 18.2 Å². The highest BCUT2D eigenvalue weighted by Crippen LogP contribution is 2.32. The van der Waals surface area contributed by atoms with E-state index in [1.54, 1.807) is 12.1 Å². The molecule has 7 heteroatoms. The van der Waals surface area contributed by atoms with Gasteiger partial charge in [0.15, 0.2) is 0 Å². The monoisotopic (exact) mass is 323 g/mol. The fraction of sp³-hybridized carbons (Fsp3) is 0.533. The van der Waals surface area contributed by atoms with Gasteiger partial charge in [-0.3, -0.25) is 19.8 Å². The Morgan fingerprint density at radius 3 is 2.77 bits per heavy atom. The molecule has 1 amide bonds. The normalized spacial score (nSPS) is 21.2. The Kier molecular flexibility index (Phi) is 5.42. The number of rotatable bonds is 6. The van der Waals surface area contributed by atoms with Crippen molar-refractivity contribution in [3.63, 3.8) is 0 Å². The average Bonchev–Trinajstić information content (AvgIpc) is 2.96. The second-order valence-corrected chi connectivity index (χ2v) is 6.84. The Hall–Kier alpha value is -1.60. The molecule has 0 aromatic heterocycles. The molecule has 0 saturated heterocycles. The Labute approximate surface area is 134 Å². The molecule has 2 atom stereocenters. The number of nitrogens with zero attached hydrogens (tertiary/aromatic N) is 2. The van der Waals surface area contributed by atoms with Gasteiger partial charge in [-0.25, -0.2) is 0 Å². The largest absolute Gasteiger partial charge is 0.366 e. The van der Waals surface area contributed by atoms with Crippen LogP contribution >= 0.6 is 11.8 Å². The smallest absolute Gasteiger partial charge is 0.274 e. The zero-order valence-electron chi connectivity index (χ0n) is 12.8. The average molecular weight is 323 g/mol. The highest BCUT2D eigenvalue weighted by atomic mass is 32.2. The zero-order valence-corrected chi connectivity index (χ0v) is 13.6. The molecule has 0 heterocycles. The van der Waals surface area contributed by atoms with Crippen LogP contribution in [0.25, 0.3) is 0 Å². The summed E-state index contributed by atoms with van der Waals surface area (Å²) in [5, 5.41) is 11.9. The topological polar surface area (TPSA) is 89.5 Å². The van der Waals surface area contributed by atoms with Crippen LogP contribution in [0.4, 0.5) is 5.69 Å². The zero-order chi connectivity index (χ0) is 16.3. The molecule has 120 valence electrons. The molecule has 0 radical (unpaired) electrons. The highest BCUT2D eigenvalue weighted by molar-refractivity contribution is 7.99. The van der Waals surface area contributed by atoms with Crippen molar-refractivity contribution < 1.29 is 9.72 Å². The fourth-order valence-electron chi connectivity index (χ4n) is 2.95. The number of nitro groups is 1. The van der Waals surface area contributed by atoms with E-state index in [1.165, 1.54) is 12.5 Å². The van der Waals surface area contributed by atoms with Crippen LogP contribution in [0.3, 0.4) is 0 Å². The summed E-state index contributed by atoms with van der Waals surface area (Å²) in [6.45, 7) is 0.501. The Morgan fingerprint density at radius 1 is 1.50 bits per heavy atom. The minimum absolute atomic E-state index is 0.0393. The van der Waals surface area contributed by atoms with Crippen molar-refractivity contribution in [1.82, 2.24) is 4.90 Å². The number of carbonyl (C=O) groups excluding carboxylic acids is 1. The second-order valence-electron chi connectivity index (χ2n) is 5.70. The Balaban J connectivity index is 2.15. The van der Waals surface area contributed by atoms with Gasteiger partial charge in [0, 0.05) is 35.0 Å². The molecule has 1 fully saturated rings. The molecule has 0 spiro atoms. The first-order valence-electron chi connectivity index (χ1n) is 7.22. The lowest BCUT2D eigenvalue weighted by Crippen LogP contribution is -2.29. The molecule has 6 nitrogen and oxygen atoms in total. The molecule has 0 aliphatic heterocycles. The van der Waals surface area contributed by atoms with Crippen LogP contribution in [0.1, 0.15) is 35.2 Å². The summed E-state index contributed by atoms with van der Waals surface area (Å²) in [4.78, 5) is 24.1. The van der Waals surface area contributed by atoms with E-state index in [0.29, 0.717) is 23.4 Å². The number of nitrogens with two attached hydrogens (primary N) is 1. The van der Waals surface area contributed by atoms with E-state index in [0.717, 1.165) is 12.8 Å². The van der Waals surface area contributed by atoms with Crippen LogP contribution < -0.4 is 5.73 Å². The first kappa shape index (κ1) is 16.8. The fourth-order valence-corrected chi connectivity index (χ4v) is 3.74. The van der Waals surface area contributed by atoms with Crippen molar-refractivity contribution in [3.05, 3.63) is 39.4 Å². The van der Waals surface area contributed by atoms with Crippen molar-refractivity contribution in [2.24, 2.45) is 5.73 Å². The molecule has 1 saturated carbocycles. The van der Waals surface area contributed by atoms with E-state index in [9.17, 15) is 14.9 Å². The minimum atomic E-state index is -0.651. The van der Waals surface area contributed by atoms with Gasteiger partial charge in [-0.05, 0) is 38.6 Å². The van der Waals surface area contributed by atoms with Gasteiger partial charge in [0.2, 0.25) is 5.91 Å². The van der Waals surface area contributed by atoms with Gasteiger partial charge < -0.3 is 5.73 Å². The van der Waals surface area contributed by atoms with Gasteiger partial charge in [0.25, 0.3) is 5.69 Å². The van der Waals surface area contributed by atoms with E-state index in [-0.39, 0.29) is 11.3 Å². The molecule has 1 aliphatic rings. The number of nitro benzene ring substituents is 1. The molecular formula is C15H21N3O3S. The maximum atomic E-state index is 11.2. The second kappa shape index (κ2) is 7.11. The molecule has 1 aromatic rings. The van der Waals surface area contributed by atoms with Crippen LogP contribution in [0.2, 0.25) is 0 Å². The number of hydrogen-bond acceptors (Lipinski definition) is 5. The lowest BCUT2D eigenvalue weighted by Gasteiger charge is -2.24. The number of amides is 1. The van der Waals surface area contributed by atoms with E-state index in [4.69, 9.17) is 5.73 Å². The maximum Gasteiger partial charge on any atom is 0.274 e. The third-order valence-corrected chi connectivity index (χ3v) is 5.39. The van der Waals surface area contributed by atoms with Gasteiger partial charge in [0.1, 0.15) is 0 Å². The lowest BCUT2D eigenvalue weighted by molar-refractivity contribution is -0.385. The van der Waals surface area contributed by atoms with Gasteiger partial charge >= 0.3 is 0 Å². The first-order valence-corrected chi connectivity index (χ1v) is 8.51. The summed E-state index contributed by atoms with van der Waals surface area (Å²) in [6, 6.07) is 4.91. The Morgan fingerprint density at radius 2 is 2.23 bits per heavy atom. The third-order valence-electron chi connectivity index (χ3n) is 4.30. The molecule has 1 aliphatic carbocycles. The van der Waals surface area contributed by atoms with Crippen LogP contribution in [-0.2, 0) is 6.54 Å². The molecule has 22 heavy (non-hydrogen) atoms. The molecular weight excluding hydrogens is 302 g/mol. The van der Waals surface area contributed by atoms with Crippen molar-refractivity contribution in [3.8, 4) is 0 Å². The van der Waals surface area contributed by atoms with Crippen LogP contribution in [-0.4, -0.2) is 40.3 Å². The standard InChI is InChI=1S/C15H21N3O3S/c1-17(12-5-6-13(8-12)22-2)9-11-4-3-10(15(16)19)7-14(11)18(20)21/h3-4,7,12-13H,5-6,8-9H2,1-2H3,(H2,16,19)/t12-,13-/m1/s1.